The Hall–Kier alpha value is -2.13. The fraction of sp³-hybridized carbons (Fsp3) is 0.316. The minimum Gasteiger partial charge on any atom is -0.358 e. The van der Waals surface area contributed by atoms with Gasteiger partial charge in [0.15, 0.2) is 6.10 Å². The topological polar surface area (TPSA) is 38.3 Å². The third kappa shape index (κ3) is 5.01. The second-order valence-electron chi connectivity index (χ2n) is 6.22. The van der Waals surface area contributed by atoms with Crippen molar-refractivity contribution in [3.8, 4) is 0 Å². The minimum absolute atomic E-state index is 0.120. The third-order valence-electron chi connectivity index (χ3n) is 3.12. The molecule has 0 heterocycles. The molecule has 1 unspecified atom stereocenters. The third-order valence-corrected chi connectivity index (χ3v) is 3.12. The van der Waals surface area contributed by atoms with E-state index in [2.05, 4.69) is 5.32 Å². The van der Waals surface area contributed by atoms with E-state index in [4.69, 9.17) is 4.74 Å². The first-order valence-electron chi connectivity index (χ1n) is 7.50. The van der Waals surface area contributed by atoms with Crippen LogP contribution in [0.1, 0.15) is 38.0 Å². The molecule has 1 N–H and O–H groups in total. The fourth-order valence-electron chi connectivity index (χ4n) is 2.13. The van der Waals surface area contributed by atoms with Crippen molar-refractivity contribution in [2.75, 3.05) is 0 Å². The molecule has 116 valence electrons. The van der Waals surface area contributed by atoms with Crippen LogP contribution in [0.25, 0.3) is 0 Å². The van der Waals surface area contributed by atoms with Crippen molar-refractivity contribution in [2.24, 2.45) is 0 Å². The predicted octanol–water partition coefficient (Wildman–Crippen LogP) is 3.86. The van der Waals surface area contributed by atoms with Gasteiger partial charge in [0.2, 0.25) is 0 Å². The van der Waals surface area contributed by atoms with E-state index < -0.39 is 11.7 Å². The number of rotatable bonds is 5. The predicted molar refractivity (Wildman–Crippen MR) is 88.3 cm³/mol. The molecule has 0 radical (unpaired) electrons. The van der Waals surface area contributed by atoms with Crippen LogP contribution in [0.15, 0.2) is 60.7 Å². The van der Waals surface area contributed by atoms with Crippen molar-refractivity contribution in [2.45, 2.75) is 39.0 Å². The van der Waals surface area contributed by atoms with E-state index in [0.717, 1.165) is 11.1 Å². The van der Waals surface area contributed by atoms with Gasteiger partial charge in [-0.05, 0) is 31.9 Å². The molecule has 2 rings (SSSR count). The standard InChI is InChI=1S/C19H23NO2/c1-19(2,3)22-17(16-12-8-5-9-13-16)18(21)20-14-15-10-6-4-7-11-15/h4-13,17H,14H2,1-3H3,(H,20,21). The Kier molecular flexibility index (Phi) is 5.34. The molecule has 3 heteroatoms. The summed E-state index contributed by atoms with van der Waals surface area (Å²) in [5.74, 6) is -0.120. The monoisotopic (exact) mass is 297 g/mol. The molecule has 1 amide bonds. The van der Waals surface area contributed by atoms with Crippen LogP contribution in [0, 0.1) is 0 Å². The molecular weight excluding hydrogens is 274 g/mol. The summed E-state index contributed by atoms with van der Waals surface area (Å²) in [6.07, 6.45) is -0.607. The number of carbonyl (C=O) groups is 1. The molecule has 0 saturated heterocycles. The van der Waals surface area contributed by atoms with Crippen molar-refractivity contribution in [3.05, 3.63) is 71.8 Å². The molecule has 2 aromatic carbocycles. The quantitative estimate of drug-likeness (QED) is 0.910. The van der Waals surface area contributed by atoms with Gasteiger partial charge < -0.3 is 10.1 Å². The molecule has 0 aromatic heterocycles. The van der Waals surface area contributed by atoms with Crippen LogP contribution in [-0.4, -0.2) is 11.5 Å². The van der Waals surface area contributed by atoms with Crippen LogP contribution < -0.4 is 5.32 Å². The van der Waals surface area contributed by atoms with Crippen LogP contribution in [0.3, 0.4) is 0 Å². The van der Waals surface area contributed by atoms with Gasteiger partial charge in [0.1, 0.15) is 0 Å². The average Bonchev–Trinajstić information content (AvgIpc) is 2.51. The minimum atomic E-state index is -0.607. The van der Waals surface area contributed by atoms with Gasteiger partial charge in [-0.2, -0.15) is 0 Å². The van der Waals surface area contributed by atoms with E-state index >= 15 is 0 Å². The highest BCUT2D eigenvalue weighted by Crippen LogP contribution is 2.24. The van der Waals surface area contributed by atoms with E-state index in [1.165, 1.54) is 0 Å². The van der Waals surface area contributed by atoms with E-state index in [1.807, 2.05) is 81.4 Å². The Morgan fingerprint density at radius 3 is 2.09 bits per heavy atom. The van der Waals surface area contributed by atoms with Crippen molar-refractivity contribution in [3.63, 3.8) is 0 Å². The molecule has 3 nitrogen and oxygen atoms in total. The first-order valence-corrected chi connectivity index (χ1v) is 7.50. The van der Waals surface area contributed by atoms with E-state index in [-0.39, 0.29) is 5.91 Å². The highest BCUT2D eigenvalue weighted by Gasteiger charge is 2.26. The second-order valence-corrected chi connectivity index (χ2v) is 6.22. The zero-order valence-corrected chi connectivity index (χ0v) is 13.4. The van der Waals surface area contributed by atoms with E-state index in [1.54, 1.807) is 0 Å². The van der Waals surface area contributed by atoms with Gasteiger partial charge in [-0.1, -0.05) is 60.7 Å². The molecule has 0 spiro atoms. The molecule has 0 saturated carbocycles. The molecule has 1 atom stereocenters. The number of amides is 1. The van der Waals surface area contributed by atoms with Crippen LogP contribution >= 0.6 is 0 Å². The lowest BCUT2D eigenvalue weighted by molar-refractivity contribution is -0.143. The maximum absolute atomic E-state index is 12.6. The van der Waals surface area contributed by atoms with E-state index in [0.29, 0.717) is 6.54 Å². The summed E-state index contributed by atoms with van der Waals surface area (Å²) in [7, 11) is 0. The Morgan fingerprint density at radius 1 is 1.00 bits per heavy atom. The number of benzene rings is 2. The summed E-state index contributed by atoms with van der Waals surface area (Å²) >= 11 is 0. The van der Waals surface area contributed by atoms with Crippen LogP contribution in [-0.2, 0) is 16.1 Å². The summed E-state index contributed by atoms with van der Waals surface area (Å²) in [6.45, 7) is 6.35. The van der Waals surface area contributed by atoms with Gasteiger partial charge in [0, 0.05) is 6.54 Å². The van der Waals surface area contributed by atoms with Crippen molar-refractivity contribution in [1.29, 1.82) is 0 Å². The molecule has 0 aliphatic rings. The van der Waals surface area contributed by atoms with Gasteiger partial charge in [0.05, 0.1) is 5.60 Å². The lowest BCUT2D eigenvalue weighted by Gasteiger charge is -2.27. The Morgan fingerprint density at radius 2 is 1.55 bits per heavy atom. The second kappa shape index (κ2) is 7.23. The van der Waals surface area contributed by atoms with Gasteiger partial charge in [-0.25, -0.2) is 0 Å². The van der Waals surface area contributed by atoms with Crippen LogP contribution in [0.5, 0.6) is 0 Å². The first kappa shape index (κ1) is 16.2. The van der Waals surface area contributed by atoms with Gasteiger partial charge in [-0.3, -0.25) is 4.79 Å². The molecule has 0 aliphatic heterocycles. The maximum atomic E-state index is 12.6. The number of hydrogen-bond donors (Lipinski definition) is 1. The van der Waals surface area contributed by atoms with Gasteiger partial charge >= 0.3 is 0 Å². The van der Waals surface area contributed by atoms with Crippen molar-refractivity contribution in [1.82, 2.24) is 5.32 Å². The van der Waals surface area contributed by atoms with E-state index in [9.17, 15) is 4.79 Å². The molecular formula is C19H23NO2. The molecule has 22 heavy (non-hydrogen) atoms. The van der Waals surface area contributed by atoms with Crippen LogP contribution in [0.2, 0.25) is 0 Å². The first-order chi connectivity index (χ1) is 10.5. The Labute approximate surface area is 132 Å². The summed E-state index contributed by atoms with van der Waals surface area (Å²) in [5.41, 5.74) is 1.53. The lowest BCUT2D eigenvalue weighted by Crippen LogP contribution is -2.35. The molecule has 0 bridgehead atoms. The normalized spacial score (nSPS) is 12.7. The zero-order chi connectivity index (χ0) is 16.0. The number of ether oxygens (including phenoxy) is 1. The molecule has 0 fully saturated rings. The molecule has 2 aromatic rings. The van der Waals surface area contributed by atoms with Crippen LogP contribution in [0.4, 0.5) is 0 Å². The number of carbonyl (C=O) groups excluding carboxylic acids is 1. The highest BCUT2D eigenvalue weighted by atomic mass is 16.5. The largest absolute Gasteiger partial charge is 0.358 e. The number of hydrogen-bond acceptors (Lipinski definition) is 2. The highest BCUT2D eigenvalue weighted by molar-refractivity contribution is 5.82. The average molecular weight is 297 g/mol. The van der Waals surface area contributed by atoms with Crippen molar-refractivity contribution < 1.29 is 9.53 Å². The Balaban J connectivity index is 2.09. The summed E-state index contributed by atoms with van der Waals surface area (Å²) in [5, 5.41) is 2.96. The molecule has 0 aliphatic carbocycles. The fourth-order valence-corrected chi connectivity index (χ4v) is 2.13. The maximum Gasteiger partial charge on any atom is 0.254 e. The summed E-state index contributed by atoms with van der Waals surface area (Å²) in [4.78, 5) is 12.6. The van der Waals surface area contributed by atoms with Gasteiger partial charge in [0.25, 0.3) is 5.91 Å². The SMILES string of the molecule is CC(C)(C)OC(C(=O)NCc1ccccc1)c1ccccc1. The summed E-state index contributed by atoms with van der Waals surface area (Å²) < 4.78 is 5.96. The zero-order valence-electron chi connectivity index (χ0n) is 13.4. The number of nitrogens with one attached hydrogen (secondary N) is 1. The van der Waals surface area contributed by atoms with Crippen molar-refractivity contribution >= 4 is 5.91 Å². The summed E-state index contributed by atoms with van der Waals surface area (Å²) in [6, 6.07) is 19.4. The van der Waals surface area contributed by atoms with Gasteiger partial charge in [-0.15, -0.1) is 0 Å². The Bertz CT molecular complexity index is 588. The lowest BCUT2D eigenvalue weighted by atomic mass is 10.1. The smallest absolute Gasteiger partial charge is 0.254 e.